The van der Waals surface area contributed by atoms with Crippen molar-refractivity contribution in [1.29, 1.82) is 0 Å². The van der Waals surface area contributed by atoms with Crippen LogP contribution in [0.2, 0.25) is 0 Å². The van der Waals surface area contributed by atoms with Crippen molar-refractivity contribution in [2.45, 2.75) is 19.3 Å². The van der Waals surface area contributed by atoms with Crippen LogP contribution in [0, 0.1) is 18.6 Å². The fourth-order valence-corrected chi connectivity index (χ4v) is 1.91. The lowest BCUT2D eigenvalue weighted by Crippen LogP contribution is -2.14. The molecule has 4 nitrogen and oxygen atoms in total. The molecule has 0 unspecified atom stereocenters. The number of hydrogen-bond donors (Lipinski definition) is 1. The Morgan fingerprint density at radius 2 is 1.78 bits per heavy atom. The number of carbonyl (C=O) groups is 1. The molecule has 1 atom stereocenters. The van der Waals surface area contributed by atoms with Gasteiger partial charge in [0.1, 0.15) is 11.6 Å². The van der Waals surface area contributed by atoms with E-state index in [4.69, 9.17) is 9.59 Å². The molecule has 1 saturated heterocycles. The van der Waals surface area contributed by atoms with E-state index in [1.54, 1.807) is 6.92 Å². The Morgan fingerprint density at radius 1 is 1.28 bits per heavy atom. The summed E-state index contributed by atoms with van der Waals surface area (Å²) in [5.41, 5.74) is 0.574. The summed E-state index contributed by atoms with van der Waals surface area (Å²) in [5, 5.41) is 2.56. The molecule has 0 aromatic heterocycles. The van der Waals surface area contributed by atoms with Gasteiger partial charge in [0.05, 0.1) is 0 Å². The van der Waals surface area contributed by atoms with Crippen molar-refractivity contribution >= 4 is 12.1 Å². The van der Waals surface area contributed by atoms with Crippen LogP contribution < -0.4 is 5.32 Å². The predicted molar refractivity (Wildman–Crippen MR) is 56.5 cm³/mol. The van der Waals surface area contributed by atoms with Crippen LogP contribution >= 0.6 is 0 Å². The van der Waals surface area contributed by atoms with Crippen LogP contribution in [0.5, 0.6) is 0 Å². The van der Waals surface area contributed by atoms with E-state index in [9.17, 15) is 13.6 Å². The molecule has 1 aliphatic rings. The van der Waals surface area contributed by atoms with Crippen molar-refractivity contribution in [2.75, 3.05) is 6.54 Å². The van der Waals surface area contributed by atoms with Crippen molar-refractivity contribution in [3.05, 3.63) is 34.9 Å². The molecule has 18 heavy (non-hydrogen) atoms. The molecule has 2 rings (SSSR count). The number of amides is 1. The van der Waals surface area contributed by atoms with Gasteiger partial charge in [-0.05, 0) is 24.6 Å². The van der Waals surface area contributed by atoms with Gasteiger partial charge in [-0.15, -0.1) is 0 Å². The number of rotatable bonds is 1. The molecule has 1 N–H and O–H groups in total. The van der Waals surface area contributed by atoms with Crippen LogP contribution in [-0.2, 0) is 14.4 Å². The number of aryl methyl sites for hydroxylation is 1. The minimum absolute atomic E-state index is 0.0268. The lowest BCUT2D eigenvalue weighted by Gasteiger charge is -2.11. The van der Waals surface area contributed by atoms with Crippen LogP contribution in [-0.4, -0.2) is 18.6 Å². The lowest BCUT2D eigenvalue weighted by atomic mass is 9.96. The molecular weight excluding hydrogens is 244 g/mol. The van der Waals surface area contributed by atoms with E-state index in [-0.39, 0.29) is 30.0 Å². The molecule has 1 aliphatic heterocycles. The van der Waals surface area contributed by atoms with Crippen LogP contribution in [0.25, 0.3) is 0 Å². The first-order valence-corrected chi connectivity index (χ1v) is 5.21. The number of nitrogens with one attached hydrogen (secondary N) is 1. The molecular formula is C12H11F2NO3. The molecule has 0 radical (unpaired) electrons. The second-order valence-corrected chi connectivity index (χ2v) is 3.93. The van der Waals surface area contributed by atoms with Crippen molar-refractivity contribution < 1.29 is 23.2 Å². The lowest BCUT2D eigenvalue weighted by molar-refractivity contribution is -0.191. The maximum Gasteiger partial charge on any atom is 0.373 e. The third-order valence-corrected chi connectivity index (χ3v) is 2.61. The van der Waals surface area contributed by atoms with Gasteiger partial charge >= 0.3 is 6.15 Å². The number of carbonyl (C=O) groups excluding carboxylic acids is 3. The summed E-state index contributed by atoms with van der Waals surface area (Å²) in [6.07, 6.45) is 0.414. The molecule has 1 heterocycles. The Labute approximate surface area is 102 Å². The molecule has 0 aliphatic carbocycles. The summed E-state index contributed by atoms with van der Waals surface area (Å²) < 4.78 is 27.0. The highest BCUT2D eigenvalue weighted by atomic mass is 19.1. The largest absolute Gasteiger partial charge is 0.373 e. The van der Waals surface area contributed by atoms with E-state index < -0.39 is 11.6 Å². The maximum atomic E-state index is 13.5. The summed E-state index contributed by atoms with van der Waals surface area (Å²) in [5.74, 6) is -1.65. The summed E-state index contributed by atoms with van der Waals surface area (Å²) in [4.78, 5) is 27.2. The first kappa shape index (κ1) is 14.0. The van der Waals surface area contributed by atoms with Crippen LogP contribution in [0.3, 0.4) is 0 Å². The number of hydrogen-bond acceptors (Lipinski definition) is 3. The maximum absolute atomic E-state index is 13.5. The van der Waals surface area contributed by atoms with Gasteiger partial charge in [-0.3, -0.25) is 4.79 Å². The zero-order valence-electron chi connectivity index (χ0n) is 9.63. The highest BCUT2D eigenvalue weighted by Gasteiger charge is 2.28. The zero-order chi connectivity index (χ0) is 13.7. The van der Waals surface area contributed by atoms with E-state index >= 15 is 0 Å². The highest BCUT2D eigenvalue weighted by molar-refractivity contribution is 5.79. The Kier molecular flexibility index (Phi) is 4.68. The smallest absolute Gasteiger partial charge is 0.355 e. The average molecular weight is 255 g/mol. The van der Waals surface area contributed by atoms with Gasteiger partial charge in [0.25, 0.3) is 0 Å². The predicted octanol–water partition coefficient (Wildman–Crippen LogP) is 1.29. The molecule has 1 aromatic rings. The van der Waals surface area contributed by atoms with E-state index in [0.29, 0.717) is 12.1 Å². The second-order valence-electron chi connectivity index (χ2n) is 3.93. The van der Waals surface area contributed by atoms with E-state index in [2.05, 4.69) is 5.32 Å². The van der Waals surface area contributed by atoms with Gasteiger partial charge in [0.15, 0.2) is 0 Å². The highest BCUT2D eigenvalue weighted by Crippen LogP contribution is 2.28. The van der Waals surface area contributed by atoms with Crippen LogP contribution in [0.1, 0.15) is 23.5 Å². The number of halogens is 2. The van der Waals surface area contributed by atoms with Gasteiger partial charge < -0.3 is 5.32 Å². The van der Waals surface area contributed by atoms with Gasteiger partial charge in [-0.25, -0.2) is 8.78 Å². The molecule has 0 saturated carbocycles. The van der Waals surface area contributed by atoms with Gasteiger partial charge in [-0.1, -0.05) is 0 Å². The third-order valence-electron chi connectivity index (χ3n) is 2.61. The Balaban J connectivity index is 0.000000492. The van der Waals surface area contributed by atoms with Gasteiger partial charge in [0.2, 0.25) is 5.91 Å². The molecule has 6 heteroatoms. The standard InChI is InChI=1S/C11H11F2NO.CO2/c1-6-2-8(12)11(9(13)3-6)7-4-10(15)14-5-7;2-1-3/h2-3,7H,4-5H2,1H3,(H,14,15);/t7-;/m0./s1. The van der Waals surface area contributed by atoms with E-state index in [1.165, 1.54) is 12.1 Å². The van der Waals surface area contributed by atoms with E-state index in [1.807, 2.05) is 0 Å². The van der Waals surface area contributed by atoms with Crippen molar-refractivity contribution in [1.82, 2.24) is 5.32 Å². The third kappa shape index (κ3) is 3.21. The van der Waals surface area contributed by atoms with Crippen molar-refractivity contribution in [3.63, 3.8) is 0 Å². The van der Waals surface area contributed by atoms with Gasteiger partial charge in [-0.2, -0.15) is 9.59 Å². The monoisotopic (exact) mass is 255 g/mol. The Hall–Kier alpha value is -2.07. The summed E-state index contributed by atoms with van der Waals surface area (Å²) in [7, 11) is 0. The minimum Gasteiger partial charge on any atom is -0.355 e. The van der Waals surface area contributed by atoms with Crippen molar-refractivity contribution in [3.8, 4) is 0 Å². The fraction of sp³-hybridized carbons (Fsp3) is 0.333. The SMILES string of the molecule is Cc1cc(F)c([C@@H]2CNC(=O)C2)c(F)c1.O=C=O. The summed E-state index contributed by atoms with van der Waals surface area (Å²) >= 11 is 0. The molecule has 1 fully saturated rings. The van der Waals surface area contributed by atoms with E-state index in [0.717, 1.165) is 0 Å². The summed E-state index contributed by atoms with van der Waals surface area (Å²) in [6.45, 7) is 1.95. The number of benzene rings is 1. The quantitative estimate of drug-likeness (QED) is 0.822. The molecule has 1 aromatic carbocycles. The first-order valence-electron chi connectivity index (χ1n) is 5.21. The summed E-state index contributed by atoms with van der Waals surface area (Å²) in [6, 6.07) is 2.59. The molecule has 1 amide bonds. The zero-order valence-corrected chi connectivity index (χ0v) is 9.63. The first-order chi connectivity index (χ1) is 8.49. The normalized spacial score (nSPS) is 17.5. The van der Waals surface area contributed by atoms with Crippen molar-refractivity contribution in [2.24, 2.45) is 0 Å². The Morgan fingerprint density at radius 3 is 2.17 bits per heavy atom. The van der Waals surface area contributed by atoms with Crippen LogP contribution in [0.4, 0.5) is 8.78 Å². The second kappa shape index (κ2) is 6.02. The van der Waals surface area contributed by atoms with Crippen LogP contribution in [0.15, 0.2) is 12.1 Å². The average Bonchev–Trinajstić information content (AvgIpc) is 2.64. The van der Waals surface area contributed by atoms with Gasteiger partial charge in [0, 0.05) is 24.4 Å². The molecule has 0 bridgehead atoms. The fourth-order valence-electron chi connectivity index (χ4n) is 1.91. The Bertz CT molecular complexity index is 473. The molecule has 0 spiro atoms. The topological polar surface area (TPSA) is 63.2 Å². The molecule has 96 valence electrons. The minimum atomic E-state index is -0.561.